The lowest BCUT2D eigenvalue weighted by Crippen LogP contribution is -2.55. The van der Waals surface area contributed by atoms with Gasteiger partial charge in [-0.05, 0) is 68.6 Å². The zero-order valence-corrected chi connectivity index (χ0v) is 11.2. The van der Waals surface area contributed by atoms with Gasteiger partial charge < -0.3 is 5.32 Å². The summed E-state index contributed by atoms with van der Waals surface area (Å²) in [5.41, 5.74) is 0.458. The maximum atomic E-state index is 11.6. The van der Waals surface area contributed by atoms with Gasteiger partial charge in [0.25, 0.3) is 0 Å². The topological polar surface area (TPSA) is 29.1 Å². The molecule has 96 valence electrons. The summed E-state index contributed by atoms with van der Waals surface area (Å²) in [6.45, 7) is 4.20. The van der Waals surface area contributed by atoms with Crippen molar-refractivity contribution in [2.75, 3.05) is 0 Å². The monoisotopic (exact) mass is 235 g/mol. The van der Waals surface area contributed by atoms with Crippen molar-refractivity contribution in [3.05, 3.63) is 0 Å². The summed E-state index contributed by atoms with van der Waals surface area (Å²) in [5, 5.41) is 3.25. The zero-order chi connectivity index (χ0) is 12.0. The van der Waals surface area contributed by atoms with E-state index in [-0.39, 0.29) is 5.91 Å². The molecule has 0 aromatic rings. The van der Waals surface area contributed by atoms with Crippen LogP contribution in [0.15, 0.2) is 0 Å². The van der Waals surface area contributed by atoms with Crippen LogP contribution in [0.5, 0.6) is 0 Å². The van der Waals surface area contributed by atoms with E-state index in [1.54, 1.807) is 0 Å². The van der Waals surface area contributed by atoms with E-state index in [0.717, 1.165) is 17.8 Å². The smallest absolute Gasteiger partial charge is 0.219 e. The molecular weight excluding hydrogens is 210 g/mol. The normalized spacial score (nSPS) is 44.7. The number of nitrogens with one attached hydrogen (secondary N) is 1. The summed E-state index contributed by atoms with van der Waals surface area (Å²) in [6.07, 6.45) is 9.20. The average molecular weight is 235 g/mol. The third kappa shape index (κ3) is 1.90. The highest BCUT2D eigenvalue weighted by Crippen LogP contribution is 2.61. The first-order valence-corrected chi connectivity index (χ1v) is 7.40. The van der Waals surface area contributed by atoms with Gasteiger partial charge in [0.05, 0.1) is 0 Å². The van der Waals surface area contributed by atoms with Crippen molar-refractivity contribution in [2.45, 2.75) is 64.8 Å². The Morgan fingerprint density at radius 1 is 1.18 bits per heavy atom. The molecule has 0 radical (unpaired) electrons. The SMILES string of the molecule is CCC(=O)N[C@H](C)C12CC3CC(CC(C3)C1)C2. The fraction of sp³-hybridized carbons (Fsp3) is 0.933. The molecule has 0 heterocycles. The summed E-state index contributed by atoms with van der Waals surface area (Å²) in [4.78, 5) is 11.6. The molecule has 1 N–H and O–H groups in total. The first-order chi connectivity index (χ1) is 8.11. The lowest BCUT2D eigenvalue weighted by atomic mass is 9.48. The lowest BCUT2D eigenvalue weighted by Gasteiger charge is -2.59. The molecule has 4 rings (SSSR count). The molecule has 2 nitrogen and oxygen atoms in total. The molecule has 0 aromatic carbocycles. The Labute approximate surface area is 105 Å². The van der Waals surface area contributed by atoms with E-state index in [4.69, 9.17) is 0 Å². The van der Waals surface area contributed by atoms with E-state index < -0.39 is 0 Å². The minimum Gasteiger partial charge on any atom is -0.353 e. The molecule has 1 amide bonds. The van der Waals surface area contributed by atoms with Gasteiger partial charge in [-0.15, -0.1) is 0 Å². The van der Waals surface area contributed by atoms with Crippen molar-refractivity contribution in [3.63, 3.8) is 0 Å². The van der Waals surface area contributed by atoms with Crippen LogP contribution in [0, 0.1) is 23.2 Å². The van der Waals surface area contributed by atoms with Gasteiger partial charge in [-0.25, -0.2) is 0 Å². The molecule has 4 aliphatic carbocycles. The summed E-state index contributed by atoms with van der Waals surface area (Å²) in [5.74, 6) is 3.15. The molecule has 0 saturated heterocycles. The first kappa shape index (κ1) is 11.6. The van der Waals surface area contributed by atoms with Crippen LogP contribution in [0.25, 0.3) is 0 Å². The van der Waals surface area contributed by atoms with Crippen LogP contribution in [0.2, 0.25) is 0 Å². The number of hydrogen-bond acceptors (Lipinski definition) is 1. The van der Waals surface area contributed by atoms with Crippen molar-refractivity contribution in [2.24, 2.45) is 23.2 Å². The van der Waals surface area contributed by atoms with Crippen molar-refractivity contribution < 1.29 is 4.79 Å². The maximum absolute atomic E-state index is 11.6. The minimum atomic E-state index is 0.230. The van der Waals surface area contributed by atoms with Gasteiger partial charge in [0, 0.05) is 12.5 Å². The highest BCUT2D eigenvalue weighted by molar-refractivity contribution is 5.75. The molecular formula is C15H25NO. The molecule has 4 bridgehead atoms. The van der Waals surface area contributed by atoms with Gasteiger partial charge in [0.2, 0.25) is 5.91 Å². The number of rotatable bonds is 3. The summed E-state index contributed by atoms with van der Waals surface area (Å²) < 4.78 is 0. The fourth-order valence-electron chi connectivity index (χ4n) is 5.20. The third-order valence-electron chi connectivity index (χ3n) is 5.70. The molecule has 0 aliphatic heterocycles. The Morgan fingerprint density at radius 3 is 2.06 bits per heavy atom. The van der Waals surface area contributed by atoms with Crippen LogP contribution in [0.1, 0.15) is 58.8 Å². The highest BCUT2D eigenvalue weighted by atomic mass is 16.1. The van der Waals surface area contributed by atoms with Crippen LogP contribution in [-0.4, -0.2) is 11.9 Å². The standard InChI is InChI=1S/C15H25NO/c1-3-14(17)16-10(2)15-7-11-4-12(8-15)6-13(5-11)9-15/h10-13H,3-9H2,1-2H3,(H,16,17)/t10-,11?,12?,13?,15?/m1/s1. The van der Waals surface area contributed by atoms with Gasteiger partial charge in [-0.1, -0.05) is 6.92 Å². The molecule has 0 aromatic heterocycles. The second-order valence-electron chi connectivity index (χ2n) is 6.92. The third-order valence-corrected chi connectivity index (χ3v) is 5.70. The second kappa shape index (κ2) is 4.00. The molecule has 4 fully saturated rings. The lowest BCUT2D eigenvalue weighted by molar-refractivity contribution is -0.125. The van der Waals surface area contributed by atoms with Crippen LogP contribution in [0.4, 0.5) is 0 Å². The summed E-state index contributed by atoms with van der Waals surface area (Å²) in [7, 11) is 0. The predicted octanol–water partition coefficient (Wildman–Crippen LogP) is 3.12. The Kier molecular flexibility index (Phi) is 2.72. The van der Waals surface area contributed by atoms with Crippen LogP contribution in [0.3, 0.4) is 0 Å². The molecule has 4 aliphatic rings. The predicted molar refractivity (Wildman–Crippen MR) is 68.5 cm³/mol. The van der Waals surface area contributed by atoms with Gasteiger partial charge in [-0.3, -0.25) is 4.79 Å². The van der Waals surface area contributed by atoms with Crippen molar-refractivity contribution in [1.29, 1.82) is 0 Å². The Balaban J connectivity index is 1.75. The second-order valence-corrected chi connectivity index (χ2v) is 6.92. The Bertz CT molecular complexity index is 288. The summed E-state index contributed by atoms with van der Waals surface area (Å²) >= 11 is 0. The average Bonchev–Trinajstić information content (AvgIpc) is 2.26. The number of carbonyl (C=O) groups is 1. The van der Waals surface area contributed by atoms with Crippen LogP contribution in [-0.2, 0) is 4.79 Å². The maximum Gasteiger partial charge on any atom is 0.219 e. The zero-order valence-electron chi connectivity index (χ0n) is 11.2. The largest absolute Gasteiger partial charge is 0.353 e. The quantitative estimate of drug-likeness (QED) is 0.800. The first-order valence-electron chi connectivity index (χ1n) is 7.40. The number of amides is 1. The van der Waals surface area contributed by atoms with E-state index in [0.29, 0.717) is 17.9 Å². The van der Waals surface area contributed by atoms with Gasteiger partial charge in [-0.2, -0.15) is 0 Å². The van der Waals surface area contributed by atoms with Gasteiger partial charge >= 0.3 is 0 Å². The highest BCUT2D eigenvalue weighted by Gasteiger charge is 2.53. The fourth-order valence-corrected chi connectivity index (χ4v) is 5.20. The summed E-state index contributed by atoms with van der Waals surface area (Å²) in [6, 6.07) is 0.392. The number of hydrogen-bond donors (Lipinski definition) is 1. The Morgan fingerprint density at radius 2 is 1.65 bits per heavy atom. The molecule has 0 unspecified atom stereocenters. The van der Waals surface area contributed by atoms with E-state index in [9.17, 15) is 4.79 Å². The molecule has 2 heteroatoms. The van der Waals surface area contributed by atoms with E-state index in [2.05, 4.69) is 12.2 Å². The van der Waals surface area contributed by atoms with Crippen molar-refractivity contribution >= 4 is 5.91 Å². The molecule has 0 spiro atoms. The van der Waals surface area contributed by atoms with Crippen LogP contribution < -0.4 is 5.32 Å². The van der Waals surface area contributed by atoms with Crippen LogP contribution >= 0.6 is 0 Å². The minimum absolute atomic E-state index is 0.230. The molecule has 1 atom stereocenters. The molecule has 17 heavy (non-hydrogen) atoms. The van der Waals surface area contributed by atoms with Gasteiger partial charge in [0.15, 0.2) is 0 Å². The molecule has 4 saturated carbocycles. The van der Waals surface area contributed by atoms with Crippen molar-refractivity contribution in [3.8, 4) is 0 Å². The number of carbonyl (C=O) groups excluding carboxylic acids is 1. The Hall–Kier alpha value is -0.530. The van der Waals surface area contributed by atoms with E-state index >= 15 is 0 Å². The van der Waals surface area contributed by atoms with Gasteiger partial charge in [0.1, 0.15) is 0 Å². The van der Waals surface area contributed by atoms with E-state index in [1.807, 2.05) is 6.92 Å². The van der Waals surface area contributed by atoms with E-state index in [1.165, 1.54) is 38.5 Å². The van der Waals surface area contributed by atoms with Crippen molar-refractivity contribution in [1.82, 2.24) is 5.32 Å².